The van der Waals surface area contributed by atoms with E-state index in [1.807, 2.05) is 18.2 Å². The van der Waals surface area contributed by atoms with Crippen molar-refractivity contribution in [1.29, 1.82) is 0 Å². The van der Waals surface area contributed by atoms with Crippen molar-refractivity contribution in [2.24, 2.45) is 5.73 Å². The Bertz CT molecular complexity index is 601. The highest BCUT2D eigenvalue weighted by atomic mass is 19.1. The van der Waals surface area contributed by atoms with Gasteiger partial charge in [-0.05, 0) is 29.7 Å². The molecule has 0 aromatic heterocycles. The lowest BCUT2D eigenvalue weighted by molar-refractivity contribution is 0.414. The maximum Gasteiger partial charge on any atom is 0.146 e. The molecule has 0 aliphatic carbocycles. The van der Waals surface area contributed by atoms with Crippen molar-refractivity contribution in [2.45, 2.75) is 19.4 Å². The Balaban J connectivity index is 2.31. The van der Waals surface area contributed by atoms with E-state index in [1.165, 1.54) is 11.6 Å². The minimum absolute atomic E-state index is 0.136. The van der Waals surface area contributed by atoms with Gasteiger partial charge in [0, 0.05) is 12.6 Å². The number of halogens is 1. The Kier molecular flexibility index (Phi) is 5.17. The molecule has 2 aromatic carbocycles. The van der Waals surface area contributed by atoms with E-state index < -0.39 is 0 Å². The average Bonchev–Trinajstić information content (AvgIpc) is 2.54. The van der Waals surface area contributed by atoms with Gasteiger partial charge in [-0.3, -0.25) is 0 Å². The Morgan fingerprint density at radius 3 is 2.67 bits per heavy atom. The van der Waals surface area contributed by atoms with Crippen molar-refractivity contribution in [3.05, 3.63) is 59.4 Å². The summed E-state index contributed by atoms with van der Waals surface area (Å²) in [4.78, 5) is 0. The zero-order chi connectivity index (χ0) is 15.2. The Hall–Kier alpha value is -2.07. The van der Waals surface area contributed by atoms with Gasteiger partial charge in [-0.2, -0.15) is 0 Å². The smallest absolute Gasteiger partial charge is 0.146 e. The third-order valence-electron chi connectivity index (χ3n) is 3.55. The molecular weight excluding hydrogens is 267 g/mol. The largest absolute Gasteiger partial charge is 0.497 e. The van der Waals surface area contributed by atoms with Crippen LogP contribution in [0.15, 0.2) is 42.5 Å². The molecule has 1 atom stereocenters. The summed E-state index contributed by atoms with van der Waals surface area (Å²) in [5, 5.41) is 3.18. The van der Waals surface area contributed by atoms with Crippen LogP contribution in [0.3, 0.4) is 0 Å². The lowest BCUT2D eigenvalue weighted by atomic mass is 9.98. The molecule has 1 unspecified atom stereocenters. The average molecular weight is 288 g/mol. The second kappa shape index (κ2) is 7.09. The van der Waals surface area contributed by atoms with Crippen molar-refractivity contribution in [2.75, 3.05) is 19.0 Å². The predicted molar refractivity (Wildman–Crippen MR) is 84.2 cm³/mol. The van der Waals surface area contributed by atoms with Crippen LogP contribution in [-0.2, 0) is 6.42 Å². The van der Waals surface area contributed by atoms with Crippen LogP contribution in [0.5, 0.6) is 5.75 Å². The molecule has 0 saturated carbocycles. The molecule has 0 amide bonds. The van der Waals surface area contributed by atoms with Crippen molar-refractivity contribution in [3.63, 3.8) is 0 Å². The quantitative estimate of drug-likeness (QED) is 0.855. The summed E-state index contributed by atoms with van der Waals surface area (Å²) < 4.78 is 19.1. The van der Waals surface area contributed by atoms with E-state index in [1.54, 1.807) is 19.2 Å². The molecule has 112 valence electrons. The first-order valence-corrected chi connectivity index (χ1v) is 7.07. The van der Waals surface area contributed by atoms with Gasteiger partial charge in [0.1, 0.15) is 11.6 Å². The second-order valence-electron chi connectivity index (χ2n) is 4.83. The molecule has 0 radical (unpaired) electrons. The SMILES string of the molecule is CCc1ccccc1C(CN)Nc1cc(OC)ccc1F. The minimum Gasteiger partial charge on any atom is -0.497 e. The summed E-state index contributed by atoms with van der Waals surface area (Å²) in [5.41, 5.74) is 8.59. The molecule has 0 heterocycles. The monoisotopic (exact) mass is 288 g/mol. The summed E-state index contributed by atoms with van der Waals surface area (Å²) in [6.45, 7) is 2.48. The molecule has 4 heteroatoms. The first kappa shape index (κ1) is 15.3. The fourth-order valence-corrected chi connectivity index (χ4v) is 2.39. The number of hydrogen-bond donors (Lipinski definition) is 2. The standard InChI is InChI=1S/C17H21FN2O/c1-3-12-6-4-5-7-14(12)17(11-19)20-16-10-13(21-2)8-9-15(16)18/h4-10,17,20H,3,11,19H2,1-2H3. The number of aryl methyl sites for hydroxylation is 1. The van der Waals surface area contributed by atoms with Gasteiger partial charge in [-0.1, -0.05) is 31.2 Å². The van der Waals surface area contributed by atoms with E-state index >= 15 is 0 Å². The lowest BCUT2D eigenvalue weighted by Crippen LogP contribution is -2.22. The second-order valence-corrected chi connectivity index (χ2v) is 4.83. The Morgan fingerprint density at radius 1 is 1.24 bits per heavy atom. The Labute approximate surface area is 124 Å². The van der Waals surface area contributed by atoms with Gasteiger partial charge in [0.15, 0.2) is 0 Å². The molecule has 3 N–H and O–H groups in total. The topological polar surface area (TPSA) is 47.3 Å². The van der Waals surface area contributed by atoms with E-state index in [2.05, 4.69) is 18.3 Å². The first-order valence-electron chi connectivity index (χ1n) is 7.07. The van der Waals surface area contributed by atoms with Gasteiger partial charge >= 0.3 is 0 Å². The number of hydrogen-bond acceptors (Lipinski definition) is 3. The summed E-state index contributed by atoms with van der Waals surface area (Å²) in [5.74, 6) is 0.293. The van der Waals surface area contributed by atoms with Crippen LogP contribution in [0, 0.1) is 5.82 Å². The molecule has 0 bridgehead atoms. The zero-order valence-corrected chi connectivity index (χ0v) is 12.4. The third-order valence-corrected chi connectivity index (χ3v) is 3.55. The highest BCUT2D eigenvalue weighted by Gasteiger charge is 2.15. The first-order chi connectivity index (χ1) is 10.2. The maximum absolute atomic E-state index is 13.9. The third kappa shape index (κ3) is 3.52. The van der Waals surface area contributed by atoms with E-state index in [0.29, 0.717) is 18.0 Å². The lowest BCUT2D eigenvalue weighted by Gasteiger charge is -2.22. The van der Waals surface area contributed by atoms with Gasteiger partial charge in [0.2, 0.25) is 0 Å². The number of ether oxygens (including phenoxy) is 1. The maximum atomic E-state index is 13.9. The number of benzene rings is 2. The van der Waals surface area contributed by atoms with Crippen molar-refractivity contribution in [3.8, 4) is 5.75 Å². The van der Waals surface area contributed by atoms with Crippen molar-refractivity contribution >= 4 is 5.69 Å². The summed E-state index contributed by atoms with van der Waals surface area (Å²) in [6.07, 6.45) is 0.912. The summed E-state index contributed by atoms with van der Waals surface area (Å²) in [6, 6.07) is 12.6. The molecule has 0 aliphatic heterocycles. The zero-order valence-electron chi connectivity index (χ0n) is 12.4. The molecule has 21 heavy (non-hydrogen) atoms. The van der Waals surface area contributed by atoms with Gasteiger partial charge < -0.3 is 15.8 Å². The van der Waals surface area contributed by atoms with Crippen LogP contribution in [0.2, 0.25) is 0 Å². The van der Waals surface area contributed by atoms with Crippen LogP contribution < -0.4 is 15.8 Å². The van der Waals surface area contributed by atoms with E-state index in [9.17, 15) is 4.39 Å². The number of methoxy groups -OCH3 is 1. The van der Waals surface area contributed by atoms with Crippen LogP contribution in [0.1, 0.15) is 24.1 Å². The number of nitrogens with two attached hydrogens (primary N) is 1. The summed E-state index contributed by atoms with van der Waals surface area (Å²) >= 11 is 0. The van der Waals surface area contributed by atoms with Crippen LogP contribution in [0.4, 0.5) is 10.1 Å². The number of rotatable bonds is 6. The number of nitrogens with one attached hydrogen (secondary N) is 1. The molecule has 0 fully saturated rings. The molecule has 0 spiro atoms. The molecule has 0 saturated heterocycles. The molecule has 2 rings (SSSR count). The van der Waals surface area contributed by atoms with Crippen LogP contribution in [-0.4, -0.2) is 13.7 Å². The fourth-order valence-electron chi connectivity index (χ4n) is 2.39. The van der Waals surface area contributed by atoms with Gasteiger partial charge in [-0.15, -0.1) is 0 Å². The van der Waals surface area contributed by atoms with E-state index in [-0.39, 0.29) is 11.9 Å². The highest BCUT2D eigenvalue weighted by molar-refractivity contribution is 5.52. The van der Waals surface area contributed by atoms with Gasteiger partial charge in [0.25, 0.3) is 0 Å². The number of anilines is 1. The van der Waals surface area contributed by atoms with Crippen molar-refractivity contribution in [1.82, 2.24) is 0 Å². The molecule has 2 aromatic rings. The van der Waals surface area contributed by atoms with Gasteiger partial charge in [-0.25, -0.2) is 4.39 Å². The fraction of sp³-hybridized carbons (Fsp3) is 0.294. The predicted octanol–water partition coefficient (Wildman–Crippen LogP) is 3.51. The summed E-state index contributed by atoms with van der Waals surface area (Å²) in [7, 11) is 1.56. The molecular formula is C17H21FN2O. The minimum atomic E-state index is -0.316. The molecule has 0 aliphatic rings. The van der Waals surface area contributed by atoms with Gasteiger partial charge in [0.05, 0.1) is 18.8 Å². The highest BCUT2D eigenvalue weighted by Crippen LogP contribution is 2.27. The van der Waals surface area contributed by atoms with E-state index in [4.69, 9.17) is 10.5 Å². The molecule has 3 nitrogen and oxygen atoms in total. The normalized spacial score (nSPS) is 12.0. The Morgan fingerprint density at radius 2 is 2.00 bits per heavy atom. The van der Waals surface area contributed by atoms with Crippen molar-refractivity contribution < 1.29 is 9.13 Å². The van der Waals surface area contributed by atoms with Crippen LogP contribution >= 0.6 is 0 Å². The van der Waals surface area contributed by atoms with Crippen LogP contribution in [0.25, 0.3) is 0 Å². The van der Waals surface area contributed by atoms with E-state index in [0.717, 1.165) is 12.0 Å².